The van der Waals surface area contributed by atoms with Crippen molar-refractivity contribution in [2.75, 3.05) is 5.73 Å². The van der Waals surface area contributed by atoms with Gasteiger partial charge in [-0.15, -0.1) is 0 Å². The smallest absolute Gasteiger partial charge is 0.0938 e. The Morgan fingerprint density at radius 1 is 0.857 bits per heavy atom. The number of nitrogen functional groups attached to an aromatic ring is 1. The van der Waals surface area contributed by atoms with E-state index in [0.717, 1.165) is 33.8 Å². The summed E-state index contributed by atoms with van der Waals surface area (Å²) in [6.07, 6.45) is 1.86. The lowest BCUT2D eigenvalue weighted by molar-refractivity contribution is 1.18. The number of rotatable bonds is 2. The molecule has 0 aliphatic heterocycles. The van der Waals surface area contributed by atoms with Gasteiger partial charge in [0.05, 0.1) is 17.1 Å². The van der Waals surface area contributed by atoms with E-state index in [9.17, 15) is 0 Å². The van der Waals surface area contributed by atoms with Crippen molar-refractivity contribution in [2.45, 2.75) is 13.8 Å². The first kappa shape index (κ1) is 13.3. The van der Waals surface area contributed by atoms with Gasteiger partial charge in [0.25, 0.3) is 0 Å². The summed E-state index contributed by atoms with van der Waals surface area (Å²) in [5.74, 6) is 0. The van der Waals surface area contributed by atoms with Crippen LogP contribution in [0.1, 0.15) is 11.3 Å². The molecule has 104 valence electrons. The molecule has 2 aromatic heterocycles. The second kappa shape index (κ2) is 5.37. The lowest BCUT2D eigenvalue weighted by atomic mass is 10.0. The van der Waals surface area contributed by atoms with Gasteiger partial charge in [0.2, 0.25) is 0 Å². The van der Waals surface area contributed by atoms with Gasteiger partial charge < -0.3 is 5.73 Å². The van der Waals surface area contributed by atoms with Crippen LogP contribution in [0.2, 0.25) is 0 Å². The highest BCUT2D eigenvalue weighted by atomic mass is 14.8. The molecule has 0 atom stereocenters. The van der Waals surface area contributed by atoms with E-state index in [0.29, 0.717) is 5.69 Å². The highest BCUT2D eigenvalue weighted by molar-refractivity contribution is 5.77. The van der Waals surface area contributed by atoms with Crippen LogP contribution in [0, 0.1) is 13.8 Å². The Balaban J connectivity index is 2.16. The Bertz CT molecular complexity index is 762. The number of nitrogens with zero attached hydrogens (tertiary/aromatic N) is 2. The van der Waals surface area contributed by atoms with E-state index in [4.69, 9.17) is 10.7 Å². The van der Waals surface area contributed by atoms with E-state index in [1.54, 1.807) is 0 Å². The minimum Gasteiger partial charge on any atom is -0.397 e. The summed E-state index contributed by atoms with van der Waals surface area (Å²) in [6, 6.07) is 16.0. The summed E-state index contributed by atoms with van der Waals surface area (Å²) >= 11 is 0. The molecule has 0 spiro atoms. The van der Waals surface area contributed by atoms with E-state index in [-0.39, 0.29) is 0 Å². The van der Waals surface area contributed by atoms with Gasteiger partial charge in [-0.25, -0.2) is 4.98 Å². The predicted molar refractivity (Wildman–Crippen MR) is 86.8 cm³/mol. The average molecular weight is 275 g/mol. The van der Waals surface area contributed by atoms with Crippen molar-refractivity contribution in [1.29, 1.82) is 0 Å². The molecule has 0 aliphatic rings. The first-order valence-corrected chi connectivity index (χ1v) is 6.91. The van der Waals surface area contributed by atoms with Crippen molar-refractivity contribution in [3.63, 3.8) is 0 Å². The SMILES string of the molecule is Cc1ccc(-c2nc(-c3ccccc3)c(N)cc2C)cn1. The largest absolute Gasteiger partial charge is 0.397 e. The van der Waals surface area contributed by atoms with E-state index in [1.807, 2.05) is 68.6 Å². The topological polar surface area (TPSA) is 51.8 Å². The molecule has 0 aliphatic carbocycles. The summed E-state index contributed by atoms with van der Waals surface area (Å²) in [4.78, 5) is 9.13. The molecule has 1 aromatic carbocycles. The molecule has 0 bridgehead atoms. The van der Waals surface area contributed by atoms with Gasteiger partial charge in [-0.1, -0.05) is 30.3 Å². The number of hydrogen-bond acceptors (Lipinski definition) is 3. The van der Waals surface area contributed by atoms with E-state index in [1.165, 1.54) is 0 Å². The third-order valence-electron chi connectivity index (χ3n) is 3.47. The number of aromatic nitrogens is 2. The van der Waals surface area contributed by atoms with Gasteiger partial charge >= 0.3 is 0 Å². The highest BCUT2D eigenvalue weighted by Gasteiger charge is 2.11. The molecule has 2 N–H and O–H groups in total. The Labute approximate surface area is 124 Å². The summed E-state index contributed by atoms with van der Waals surface area (Å²) in [7, 11) is 0. The van der Waals surface area contributed by atoms with E-state index < -0.39 is 0 Å². The van der Waals surface area contributed by atoms with Gasteiger partial charge in [0.1, 0.15) is 0 Å². The molecule has 0 radical (unpaired) electrons. The third kappa shape index (κ3) is 2.63. The van der Waals surface area contributed by atoms with Gasteiger partial charge in [0, 0.05) is 23.0 Å². The Morgan fingerprint density at radius 2 is 1.62 bits per heavy atom. The van der Waals surface area contributed by atoms with Gasteiger partial charge in [-0.3, -0.25) is 4.98 Å². The van der Waals surface area contributed by atoms with Crippen LogP contribution in [-0.2, 0) is 0 Å². The molecule has 3 heteroatoms. The van der Waals surface area contributed by atoms with Crippen molar-refractivity contribution in [3.8, 4) is 22.5 Å². The van der Waals surface area contributed by atoms with E-state index in [2.05, 4.69) is 4.98 Å². The number of benzene rings is 1. The summed E-state index contributed by atoms with van der Waals surface area (Å²) in [5, 5.41) is 0. The molecule has 3 aromatic rings. The number of aryl methyl sites for hydroxylation is 2. The zero-order valence-electron chi connectivity index (χ0n) is 12.2. The molecule has 2 heterocycles. The number of nitrogens with two attached hydrogens (primary N) is 1. The quantitative estimate of drug-likeness (QED) is 0.768. The Hall–Kier alpha value is -2.68. The van der Waals surface area contributed by atoms with Crippen LogP contribution in [0.5, 0.6) is 0 Å². The molecule has 0 saturated carbocycles. The lowest BCUT2D eigenvalue weighted by Gasteiger charge is -2.11. The van der Waals surface area contributed by atoms with Crippen LogP contribution >= 0.6 is 0 Å². The molecule has 3 rings (SSSR count). The molecule has 0 amide bonds. The fraction of sp³-hybridized carbons (Fsp3) is 0.111. The fourth-order valence-corrected chi connectivity index (χ4v) is 2.36. The third-order valence-corrected chi connectivity index (χ3v) is 3.47. The number of pyridine rings is 2. The summed E-state index contributed by atoms with van der Waals surface area (Å²) in [6.45, 7) is 4.00. The van der Waals surface area contributed by atoms with Gasteiger partial charge in [-0.05, 0) is 37.6 Å². The van der Waals surface area contributed by atoms with Crippen molar-refractivity contribution in [2.24, 2.45) is 0 Å². The molecule has 21 heavy (non-hydrogen) atoms. The van der Waals surface area contributed by atoms with Gasteiger partial charge in [0.15, 0.2) is 0 Å². The first-order valence-electron chi connectivity index (χ1n) is 6.91. The van der Waals surface area contributed by atoms with Crippen LogP contribution in [-0.4, -0.2) is 9.97 Å². The predicted octanol–water partition coefficient (Wildman–Crippen LogP) is 4.01. The standard InChI is InChI=1S/C18H17N3/c1-12-10-16(19)18(14-6-4-3-5-7-14)21-17(12)15-9-8-13(2)20-11-15/h3-11H,19H2,1-2H3. The second-order valence-corrected chi connectivity index (χ2v) is 5.15. The molecule has 3 nitrogen and oxygen atoms in total. The fourth-order valence-electron chi connectivity index (χ4n) is 2.36. The molecular weight excluding hydrogens is 258 g/mol. The van der Waals surface area contributed by atoms with Crippen LogP contribution in [0.15, 0.2) is 54.7 Å². The number of hydrogen-bond donors (Lipinski definition) is 1. The summed E-state index contributed by atoms with van der Waals surface area (Å²) < 4.78 is 0. The molecular formula is C18H17N3. The first-order chi connectivity index (χ1) is 10.1. The molecule has 0 unspecified atom stereocenters. The van der Waals surface area contributed by atoms with Crippen LogP contribution in [0.25, 0.3) is 22.5 Å². The van der Waals surface area contributed by atoms with Crippen molar-refractivity contribution >= 4 is 5.69 Å². The average Bonchev–Trinajstić information content (AvgIpc) is 2.49. The van der Waals surface area contributed by atoms with Crippen LogP contribution in [0.4, 0.5) is 5.69 Å². The van der Waals surface area contributed by atoms with Crippen LogP contribution < -0.4 is 5.73 Å². The minimum atomic E-state index is 0.697. The maximum Gasteiger partial charge on any atom is 0.0938 e. The highest BCUT2D eigenvalue weighted by Crippen LogP contribution is 2.30. The van der Waals surface area contributed by atoms with Crippen molar-refractivity contribution in [3.05, 3.63) is 66.0 Å². The second-order valence-electron chi connectivity index (χ2n) is 5.15. The van der Waals surface area contributed by atoms with E-state index >= 15 is 0 Å². The maximum absolute atomic E-state index is 6.15. The Kier molecular flexibility index (Phi) is 3.40. The van der Waals surface area contributed by atoms with Crippen LogP contribution in [0.3, 0.4) is 0 Å². The normalized spacial score (nSPS) is 10.6. The monoisotopic (exact) mass is 275 g/mol. The maximum atomic E-state index is 6.15. The zero-order chi connectivity index (χ0) is 14.8. The molecule has 0 saturated heterocycles. The van der Waals surface area contributed by atoms with Crippen molar-refractivity contribution in [1.82, 2.24) is 9.97 Å². The van der Waals surface area contributed by atoms with Crippen molar-refractivity contribution < 1.29 is 0 Å². The minimum absolute atomic E-state index is 0.697. The zero-order valence-corrected chi connectivity index (χ0v) is 12.2. The summed E-state index contributed by atoms with van der Waals surface area (Å²) in [5.41, 5.74) is 12.7. The lowest BCUT2D eigenvalue weighted by Crippen LogP contribution is -1.98. The Morgan fingerprint density at radius 3 is 2.29 bits per heavy atom. The molecule has 0 fully saturated rings. The van der Waals surface area contributed by atoms with Gasteiger partial charge in [-0.2, -0.15) is 0 Å². The number of anilines is 1.